The van der Waals surface area contributed by atoms with Crippen molar-refractivity contribution in [3.8, 4) is 0 Å². The Labute approximate surface area is 72.6 Å². The minimum Gasteiger partial charge on any atom is -0.290 e. The third-order valence-corrected chi connectivity index (χ3v) is 3.39. The number of thiophene rings is 1. The molecule has 0 aliphatic heterocycles. The van der Waals surface area contributed by atoms with Crippen molar-refractivity contribution < 1.29 is 9.18 Å². The average Bonchev–Trinajstić information content (AvgIpc) is 2.50. The lowest BCUT2D eigenvalue weighted by atomic mass is 10.3. The van der Waals surface area contributed by atoms with Gasteiger partial charge in [0.15, 0.2) is 6.67 Å². The molecule has 0 N–H and O–H groups in total. The molecule has 1 heterocycles. The van der Waals surface area contributed by atoms with E-state index in [9.17, 15) is 9.18 Å². The Morgan fingerprint density at radius 3 is 2.91 bits per heavy atom. The van der Waals surface area contributed by atoms with Gasteiger partial charge in [-0.1, -0.05) is 0 Å². The summed E-state index contributed by atoms with van der Waals surface area (Å²) in [7, 11) is 0. The number of thioether (sulfide) groups is 1. The second-order valence-corrected chi connectivity index (χ2v) is 4.07. The van der Waals surface area contributed by atoms with Gasteiger partial charge in [-0.2, -0.15) is 0 Å². The molecule has 0 aliphatic carbocycles. The lowest BCUT2D eigenvalue weighted by molar-refractivity contribution is 0.0962. The van der Waals surface area contributed by atoms with Crippen LogP contribution in [0, 0.1) is 0 Å². The first kappa shape index (κ1) is 8.74. The molecule has 1 aromatic heterocycles. The van der Waals surface area contributed by atoms with Crippen molar-refractivity contribution in [2.24, 2.45) is 0 Å². The molecular weight excluding hydrogens is 183 g/mol. The summed E-state index contributed by atoms with van der Waals surface area (Å²) >= 11 is 2.90. The first-order valence-electron chi connectivity index (χ1n) is 3.01. The summed E-state index contributed by atoms with van der Waals surface area (Å²) in [5.41, 5.74) is 0. The Kier molecular flexibility index (Phi) is 3.08. The van der Waals surface area contributed by atoms with Gasteiger partial charge in [-0.15, -0.1) is 23.1 Å². The van der Waals surface area contributed by atoms with E-state index < -0.39 is 12.5 Å². The van der Waals surface area contributed by atoms with Crippen LogP contribution in [0.25, 0.3) is 0 Å². The number of alkyl halides is 1. The summed E-state index contributed by atoms with van der Waals surface area (Å²) in [5, 5.41) is 0. The van der Waals surface area contributed by atoms with Crippen LogP contribution < -0.4 is 0 Å². The van der Waals surface area contributed by atoms with Crippen LogP contribution in [0.2, 0.25) is 0 Å². The molecule has 0 fully saturated rings. The van der Waals surface area contributed by atoms with Crippen molar-refractivity contribution in [3.63, 3.8) is 0 Å². The van der Waals surface area contributed by atoms with E-state index in [2.05, 4.69) is 0 Å². The van der Waals surface area contributed by atoms with Gasteiger partial charge >= 0.3 is 0 Å². The molecule has 0 saturated heterocycles. The molecule has 0 radical (unpaired) electrons. The Bertz CT molecular complexity index is 257. The number of hydrogen-bond acceptors (Lipinski definition) is 3. The van der Waals surface area contributed by atoms with Crippen LogP contribution in [0.4, 0.5) is 4.39 Å². The SMILES string of the molecule is CSc1ccc(C(=O)CF)s1. The average molecular weight is 190 g/mol. The molecule has 0 amide bonds. The molecule has 0 spiro atoms. The highest BCUT2D eigenvalue weighted by Crippen LogP contribution is 2.25. The predicted molar refractivity (Wildman–Crippen MR) is 46.4 cm³/mol. The van der Waals surface area contributed by atoms with Gasteiger partial charge in [0.1, 0.15) is 0 Å². The van der Waals surface area contributed by atoms with E-state index in [4.69, 9.17) is 0 Å². The number of halogens is 1. The van der Waals surface area contributed by atoms with Gasteiger partial charge in [0.25, 0.3) is 0 Å². The minimum absolute atomic E-state index is 0.421. The van der Waals surface area contributed by atoms with Crippen molar-refractivity contribution in [2.45, 2.75) is 4.21 Å². The fourth-order valence-electron chi connectivity index (χ4n) is 0.646. The number of carbonyl (C=O) groups is 1. The van der Waals surface area contributed by atoms with Crippen LogP contribution >= 0.6 is 23.1 Å². The van der Waals surface area contributed by atoms with Gasteiger partial charge in [-0.3, -0.25) is 4.79 Å². The topological polar surface area (TPSA) is 17.1 Å². The molecule has 11 heavy (non-hydrogen) atoms. The highest BCUT2D eigenvalue weighted by molar-refractivity contribution is 8.00. The third-order valence-electron chi connectivity index (χ3n) is 1.18. The summed E-state index contributed by atoms with van der Waals surface area (Å²) in [6, 6.07) is 3.50. The summed E-state index contributed by atoms with van der Waals surface area (Å²) in [6.45, 7) is -0.895. The largest absolute Gasteiger partial charge is 0.290 e. The zero-order valence-corrected chi connectivity index (χ0v) is 7.60. The predicted octanol–water partition coefficient (Wildman–Crippen LogP) is 2.62. The number of carbonyl (C=O) groups excluding carboxylic acids is 1. The first-order chi connectivity index (χ1) is 5.27. The smallest absolute Gasteiger partial charge is 0.203 e. The molecule has 1 rings (SSSR count). The summed E-state index contributed by atoms with van der Waals surface area (Å²) in [6.07, 6.45) is 1.93. The molecule has 0 unspecified atom stereocenters. The van der Waals surface area contributed by atoms with Crippen LogP contribution in [0.1, 0.15) is 9.67 Å². The van der Waals surface area contributed by atoms with E-state index >= 15 is 0 Å². The molecule has 1 aromatic rings. The van der Waals surface area contributed by atoms with E-state index in [1.54, 1.807) is 17.8 Å². The van der Waals surface area contributed by atoms with Crippen molar-refractivity contribution in [1.29, 1.82) is 0 Å². The zero-order chi connectivity index (χ0) is 8.27. The fraction of sp³-hybridized carbons (Fsp3) is 0.286. The summed E-state index contributed by atoms with van der Waals surface area (Å²) in [4.78, 5) is 11.3. The van der Waals surface area contributed by atoms with Gasteiger partial charge < -0.3 is 0 Å². The Hall–Kier alpha value is -0.350. The van der Waals surface area contributed by atoms with Gasteiger partial charge in [-0.05, 0) is 18.4 Å². The number of rotatable bonds is 3. The molecular formula is C7H7FOS2. The standard InChI is InChI=1S/C7H7FOS2/c1-10-7-3-2-6(11-7)5(9)4-8/h2-3H,4H2,1H3. The van der Waals surface area contributed by atoms with Crippen LogP contribution in [-0.4, -0.2) is 18.7 Å². The summed E-state index contributed by atoms with van der Waals surface area (Å²) < 4.78 is 12.9. The second kappa shape index (κ2) is 3.88. The van der Waals surface area contributed by atoms with Crippen LogP contribution in [0.15, 0.2) is 16.3 Å². The highest BCUT2D eigenvalue weighted by atomic mass is 32.2. The number of Topliss-reactive ketones (excluding diaryl/α,β-unsaturated/α-hetero) is 1. The van der Waals surface area contributed by atoms with Crippen LogP contribution in [0.3, 0.4) is 0 Å². The summed E-state index contributed by atoms with van der Waals surface area (Å²) in [5.74, 6) is -0.421. The maximum atomic E-state index is 11.8. The molecule has 0 aliphatic rings. The Morgan fingerprint density at radius 2 is 2.45 bits per heavy atom. The van der Waals surface area contributed by atoms with E-state index in [-0.39, 0.29) is 0 Å². The molecule has 0 aromatic carbocycles. The minimum atomic E-state index is -0.895. The van der Waals surface area contributed by atoms with Crippen LogP contribution in [0.5, 0.6) is 0 Å². The van der Waals surface area contributed by atoms with Crippen LogP contribution in [-0.2, 0) is 0 Å². The van der Waals surface area contributed by atoms with Crippen molar-refractivity contribution in [2.75, 3.05) is 12.9 Å². The third kappa shape index (κ3) is 2.04. The van der Waals surface area contributed by atoms with Gasteiger partial charge in [0, 0.05) is 0 Å². The molecule has 0 atom stereocenters. The fourth-order valence-corrected chi connectivity index (χ4v) is 2.11. The van der Waals surface area contributed by atoms with E-state index in [0.29, 0.717) is 4.88 Å². The number of hydrogen-bond donors (Lipinski definition) is 0. The zero-order valence-electron chi connectivity index (χ0n) is 5.96. The number of ketones is 1. The lowest BCUT2D eigenvalue weighted by Crippen LogP contribution is -1.96. The van der Waals surface area contributed by atoms with E-state index in [0.717, 1.165) is 4.21 Å². The molecule has 0 saturated carbocycles. The molecule has 0 bridgehead atoms. The van der Waals surface area contributed by atoms with Crippen molar-refractivity contribution in [1.82, 2.24) is 0 Å². The lowest BCUT2D eigenvalue weighted by Gasteiger charge is -1.86. The highest BCUT2D eigenvalue weighted by Gasteiger charge is 2.07. The molecule has 1 nitrogen and oxygen atoms in total. The normalized spacial score (nSPS) is 10.0. The second-order valence-electron chi connectivity index (χ2n) is 1.88. The van der Waals surface area contributed by atoms with Crippen molar-refractivity contribution >= 4 is 28.9 Å². The van der Waals surface area contributed by atoms with Gasteiger partial charge in [0.05, 0.1) is 9.09 Å². The Morgan fingerprint density at radius 1 is 1.73 bits per heavy atom. The maximum Gasteiger partial charge on any atom is 0.203 e. The molecule has 60 valence electrons. The van der Waals surface area contributed by atoms with Gasteiger partial charge in [-0.25, -0.2) is 4.39 Å². The van der Waals surface area contributed by atoms with Gasteiger partial charge in [0.2, 0.25) is 5.78 Å². The monoisotopic (exact) mass is 190 g/mol. The quantitative estimate of drug-likeness (QED) is 0.538. The Balaban J connectivity index is 2.80. The van der Waals surface area contributed by atoms with E-state index in [1.165, 1.54) is 11.3 Å². The van der Waals surface area contributed by atoms with Crippen molar-refractivity contribution in [3.05, 3.63) is 17.0 Å². The van der Waals surface area contributed by atoms with E-state index in [1.807, 2.05) is 12.3 Å². The first-order valence-corrected chi connectivity index (χ1v) is 5.05. The maximum absolute atomic E-state index is 11.8. The molecule has 4 heteroatoms.